The summed E-state index contributed by atoms with van der Waals surface area (Å²) in [6, 6.07) is 5.58. The van der Waals surface area contributed by atoms with Gasteiger partial charge in [0.15, 0.2) is 0 Å². The number of anilines is 1. The van der Waals surface area contributed by atoms with Gasteiger partial charge in [-0.2, -0.15) is 12.7 Å². The molecule has 30 heavy (non-hydrogen) atoms. The molecule has 0 unspecified atom stereocenters. The summed E-state index contributed by atoms with van der Waals surface area (Å²) in [6.45, 7) is -0.903. The maximum absolute atomic E-state index is 11.9. The molecular formula is C16H22N4O9S. The number of nitrogens with zero attached hydrogens (tertiary/aromatic N) is 1. The van der Waals surface area contributed by atoms with E-state index in [-0.39, 0.29) is 5.75 Å². The van der Waals surface area contributed by atoms with Gasteiger partial charge in [0.25, 0.3) is 0 Å². The Morgan fingerprint density at radius 2 is 1.90 bits per heavy atom. The van der Waals surface area contributed by atoms with Gasteiger partial charge in [-0.15, -0.1) is 0 Å². The van der Waals surface area contributed by atoms with Gasteiger partial charge in [-0.05, 0) is 24.3 Å². The molecule has 5 atom stereocenters. The summed E-state index contributed by atoms with van der Waals surface area (Å²) in [6.07, 6.45) is -7.64. The second kappa shape index (κ2) is 8.71. The molecule has 14 heteroatoms. The third kappa shape index (κ3) is 4.80. The van der Waals surface area contributed by atoms with E-state index in [2.05, 4.69) is 10.6 Å². The topological polar surface area (TPSA) is 187 Å². The molecule has 166 valence electrons. The zero-order chi connectivity index (χ0) is 22.1. The van der Waals surface area contributed by atoms with Crippen molar-refractivity contribution in [2.45, 2.75) is 30.7 Å². The highest BCUT2D eigenvalue weighted by atomic mass is 32.2. The summed E-state index contributed by atoms with van der Waals surface area (Å²) >= 11 is 0. The first-order valence-electron chi connectivity index (χ1n) is 8.86. The number of aliphatic hydroxyl groups is 3. The Morgan fingerprint density at radius 1 is 1.23 bits per heavy atom. The number of hydrogen-bond acceptors (Lipinski definition) is 9. The Labute approximate surface area is 171 Å². The first kappa shape index (κ1) is 22.2. The fraction of sp³-hybridized carbons (Fsp3) is 0.500. The number of nitrogens with one attached hydrogen (secondary N) is 3. The van der Waals surface area contributed by atoms with Crippen molar-refractivity contribution in [3.05, 3.63) is 24.3 Å². The van der Waals surface area contributed by atoms with Crippen molar-refractivity contribution < 1.29 is 42.8 Å². The van der Waals surface area contributed by atoms with Crippen LogP contribution in [-0.4, -0.2) is 90.8 Å². The molecule has 2 aliphatic heterocycles. The molecule has 2 fully saturated rings. The van der Waals surface area contributed by atoms with Crippen molar-refractivity contribution in [1.29, 1.82) is 0 Å². The predicted octanol–water partition coefficient (Wildman–Crippen LogP) is -2.70. The van der Waals surface area contributed by atoms with Gasteiger partial charge in [-0.25, -0.2) is 9.52 Å². The average Bonchev–Trinajstić information content (AvgIpc) is 2.96. The summed E-state index contributed by atoms with van der Waals surface area (Å²) in [7, 11) is -2.60. The van der Waals surface area contributed by atoms with Crippen LogP contribution >= 0.6 is 0 Å². The smallest absolute Gasteiger partial charge is 0.318 e. The molecule has 0 radical (unpaired) electrons. The van der Waals surface area contributed by atoms with Gasteiger partial charge in [0.05, 0.1) is 6.54 Å². The van der Waals surface area contributed by atoms with E-state index in [1.807, 2.05) is 0 Å². The molecular weight excluding hydrogens is 424 g/mol. The minimum atomic E-state index is -4.07. The van der Waals surface area contributed by atoms with Crippen LogP contribution in [0.1, 0.15) is 0 Å². The lowest BCUT2D eigenvalue weighted by Gasteiger charge is -2.40. The molecule has 3 rings (SSSR count). The molecule has 1 aromatic carbocycles. The Hall–Kier alpha value is -2.49. The number of ether oxygens (including phenoxy) is 2. The number of carbonyl (C=O) groups excluding carboxylic acids is 2. The van der Waals surface area contributed by atoms with Gasteiger partial charge in [0.2, 0.25) is 12.2 Å². The molecule has 6 N–H and O–H groups in total. The number of urea groups is 1. The lowest BCUT2D eigenvalue weighted by molar-refractivity contribution is -0.272. The van der Waals surface area contributed by atoms with Crippen LogP contribution in [0, 0.1) is 0 Å². The third-order valence-corrected chi connectivity index (χ3v) is 5.99. The first-order valence-corrected chi connectivity index (χ1v) is 10.3. The van der Waals surface area contributed by atoms with E-state index in [0.29, 0.717) is 5.69 Å². The fourth-order valence-corrected chi connectivity index (χ4v) is 4.07. The standard InChI is InChI=1S/C16H22N4O9S/c1-17-16(25)18-8-2-4-9(5-3-8)28-15-14(24)13(23)12(22)10(29-15)6-20-7-11(21)19-30(20,26)27/h2-5,10,12-15,22-24H,6-7H2,1H3,(H,19,21)(H2,17,18,25)/t10-,12-,13+,14+,15+/m1/s1. The van der Waals surface area contributed by atoms with Crippen molar-refractivity contribution in [2.75, 3.05) is 25.5 Å². The number of rotatable bonds is 5. The highest BCUT2D eigenvalue weighted by Crippen LogP contribution is 2.26. The normalized spacial score (nSPS) is 31.1. The van der Waals surface area contributed by atoms with Crippen LogP contribution in [0.2, 0.25) is 0 Å². The van der Waals surface area contributed by atoms with Gasteiger partial charge >= 0.3 is 16.2 Å². The van der Waals surface area contributed by atoms with Crippen molar-refractivity contribution in [2.24, 2.45) is 0 Å². The molecule has 3 amide bonds. The van der Waals surface area contributed by atoms with E-state index < -0.39 is 65.9 Å². The van der Waals surface area contributed by atoms with Gasteiger partial charge in [0.1, 0.15) is 30.2 Å². The van der Waals surface area contributed by atoms with Gasteiger partial charge in [0, 0.05) is 19.3 Å². The summed E-state index contributed by atoms with van der Waals surface area (Å²) in [5, 5.41) is 35.4. The van der Waals surface area contributed by atoms with Crippen LogP contribution in [0.15, 0.2) is 24.3 Å². The van der Waals surface area contributed by atoms with Crippen molar-refractivity contribution >= 4 is 27.8 Å². The quantitative estimate of drug-likeness (QED) is 0.280. The zero-order valence-electron chi connectivity index (χ0n) is 15.8. The SMILES string of the molecule is CNC(=O)Nc1ccc(O[C@H]2O[C@H](CN3CC(=O)NS3(=O)=O)[C@@H](O)[C@H](O)[C@@H]2O)cc1. The van der Waals surface area contributed by atoms with Gasteiger partial charge in [-0.3, -0.25) is 4.79 Å². The summed E-state index contributed by atoms with van der Waals surface area (Å²) < 4.78 is 37.3. The molecule has 13 nitrogen and oxygen atoms in total. The molecule has 0 bridgehead atoms. The first-order chi connectivity index (χ1) is 14.1. The van der Waals surface area contributed by atoms with Crippen molar-refractivity contribution in [3.8, 4) is 5.75 Å². The van der Waals surface area contributed by atoms with Crippen LogP contribution in [0.3, 0.4) is 0 Å². The number of carbonyl (C=O) groups is 2. The zero-order valence-corrected chi connectivity index (χ0v) is 16.6. The Balaban J connectivity index is 1.68. The molecule has 0 saturated carbocycles. The highest BCUT2D eigenvalue weighted by molar-refractivity contribution is 7.88. The fourth-order valence-electron chi connectivity index (χ4n) is 2.96. The Morgan fingerprint density at radius 3 is 2.47 bits per heavy atom. The highest BCUT2D eigenvalue weighted by Gasteiger charge is 2.47. The van der Waals surface area contributed by atoms with E-state index in [1.165, 1.54) is 31.3 Å². The lowest BCUT2D eigenvalue weighted by Crippen LogP contribution is -2.61. The summed E-state index contributed by atoms with van der Waals surface area (Å²) in [5.74, 6) is -0.520. The van der Waals surface area contributed by atoms with E-state index in [9.17, 15) is 33.3 Å². The maximum Gasteiger partial charge on any atom is 0.318 e. The summed E-state index contributed by atoms with van der Waals surface area (Å²) in [4.78, 5) is 22.7. The number of benzene rings is 1. The Kier molecular flexibility index (Phi) is 6.44. The molecule has 2 saturated heterocycles. The van der Waals surface area contributed by atoms with Crippen LogP contribution in [0.25, 0.3) is 0 Å². The van der Waals surface area contributed by atoms with Crippen LogP contribution in [0.4, 0.5) is 10.5 Å². The largest absolute Gasteiger partial charge is 0.462 e. The van der Waals surface area contributed by atoms with E-state index >= 15 is 0 Å². The molecule has 1 aromatic rings. The second-order valence-electron chi connectivity index (χ2n) is 6.68. The van der Waals surface area contributed by atoms with Gasteiger partial charge in [-0.1, -0.05) is 0 Å². The average molecular weight is 446 g/mol. The van der Waals surface area contributed by atoms with E-state index in [4.69, 9.17) is 9.47 Å². The van der Waals surface area contributed by atoms with E-state index in [1.54, 1.807) is 4.72 Å². The van der Waals surface area contributed by atoms with Gasteiger partial charge < -0.3 is 35.4 Å². The van der Waals surface area contributed by atoms with Crippen molar-refractivity contribution in [3.63, 3.8) is 0 Å². The van der Waals surface area contributed by atoms with Crippen molar-refractivity contribution in [1.82, 2.24) is 14.3 Å². The van der Waals surface area contributed by atoms with Crippen LogP contribution in [-0.2, 0) is 19.7 Å². The van der Waals surface area contributed by atoms with E-state index in [0.717, 1.165) is 4.31 Å². The van der Waals surface area contributed by atoms with Crippen LogP contribution < -0.4 is 20.1 Å². The summed E-state index contributed by atoms with van der Waals surface area (Å²) in [5.41, 5.74) is 0.469. The number of aliphatic hydroxyl groups excluding tert-OH is 3. The molecule has 2 aliphatic rings. The minimum absolute atomic E-state index is 0.217. The third-order valence-electron chi connectivity index (χ3n) is 4.55. The molecule has 0 spiro atoms. The lowest BCUT2D eigenvalue weighted by atomic mass is 9.99. The molecule has 0 aromatic heterocycles. The monoisotopic (exact) mass is 446 g/mol. The second-order valence-corrected chi connectivity index (χ2v) is 8.35. The minimum Gasteiger partial charge on any atom is -0.462 e. The molecule has 0 aliphatic carbocycles. The Bertz CT molecular complexity index is 894. The maximum atomic E-state index is 11.9. The number of amides is 3. The number of hydrogen-bond donors (Lipinski definition) is 6. The molecule has 2 heterocycles. The van der Waals surface area contributed by atoms with Crippen LogP contribution in [0.5, 0.6) is 5.75 Å². The predicted molar refractivity (Wildman–Crippen MR) is 100 cm³/mol.